The number of hydrogen-bond acceptors (Lipinski definition) is 2. The summed E-state index contributed by atoms with van der Waals surface area (Å²) in [5.74, 6) is 0.239. The molecule has 0 spiro atoms. The van der Waals surface area contributed by atoms with Crippen LogP contribution in [0.1, 0.15) is 0 Å². The van der Waals surface area contributed by atoms with E-state index in [0.29, 0.717) is 5.52 Å². The van der Waals surface area contributed by atoms with Gasteiger partial charge in [0.05, 0.1) is 0 Å². The van der Waals surface area contributed by atoms with Crippen molar-refractivity contribution >= 4 is 10.9 Å². The second-order valence-corrected chi connectivity index (χ2v) is 2.35. The average molecular weight is 259 g/mol. The Bertz CT molecular complexity index is 387. The van der Waals surface area contributed by atoms with Crippen LogP contribution in [0.25, 0.3) is 10.9 Å². The van der Waals surface area contributed by atoms with Gasteiger partial charge in [0.25, 0.3) is 0 Å². The van der Waals surface area contributed by atoms with Gasteiger partial charge in [-0.2, -0.15) is 0 Å². The number of phenols is 1. The number of fused-ring (bicyclic) bond motifs is 1. The van der Waals surface area contributed by atoms with Gasteiger partial charge in [-0.15, -0.1) is 0 Å². The second kappa shape index (κ2) is 4.95. The maximum Gasteiger partial charge on any atom is 0.141 e. The van der Waals surface area contributed by atoms with Crippen LogP contribution < -0.4 is 0 Å². The molecule has 2 rings (SSSR count). The first-order chi connectivity index (χ1) is 5.38. The normalized spacial score (nSPS) is 8.62. The van der Waals surface area contributed by atoms with Crippen LogP contribution in [0, 0.1) is 0 Å². The van der Waals surface area contributed by atoms with Crippen molar-refractivity contribution in [3.05, 3.63) is 36.5 Å². The molecule has 1 aromatic heterocycles. The van der Waals surface area contributed by atoms with Crippen LogP contribution in [0.15, 0.2) is 36.5 Å². The molecule has 3 nitrogen and oxygen atoms in total. The Morgan fingerprint density at radius 3 is 2.46 bits per heavy atom. The molecule has 0 saturated heterocycles. The number of benzene rings is 1. The van der Waals surface area contributed by atoms with Gasteiger partial charge in [-0.1, -0.05) is 18.2 Å². The Morgan fingerprint density at radius 2 is 1.77 bits per heavy atom. The van der Waals surface area contributed by atoms with Crippen molar-refractivity contribution in [1.82, 2.24) is 4.98 Å². The Morgan fingerprint density at radius 1 is 1.08 bits per heavy atom. The van der Waals surface area contributed by atoms with Crippen molar-refractivity contribution in [1.29, 1.82) is 0 Å². The molecule has 0 atom stereocenters. The molecule has 1 aromatic carbocycles. The molecular weight excluding hydrogens is 250 g/mol. The molecule has 0 saturated carbocycles. The van der Waals surface area contributed by atoms with Gasteiger partial charge in [-0.3, -0.25) is 4.98 Å². The van der Waals surface area contributed by atoms with E-state index in [-0.39, 0.29) is 32.3 Å². The maximum absolute atomic E-state index is 9.31. The number of nitrogens with zero attached hydrogens (tertiary/aromatic N) is 1. The quantitative estimate of drug-likeness (QED) is 0.720. The summed E-state index contributed by atoms with van der Waals surface area (Å²) < 4.78 is 0. The smallest absolute Gasteiger partial charge is 0.141 e. The first-order valence-corrected chi connectivity index (χ1v) is 3.40. The van der Waals surface area contributed by atoms with Crippen LogP contribution in [-0.2, 0) is 21.1 Å². The van der Waals surface area contributed by atoms with Crippen molar-refractivity contribution in [3.63, 3.8) is 0 Å². The van der Waals surface area contributed by atoms with Crippen molar-refractivity contribution in [2.75, 3.05) is 0 Å². The SMILES string of the molecule is O.Oc1cccc2cccnc12.[Mo]. The van der Waals surface area contributed by atoms with E-state index in [4.69, 9.17) is 0 Å². The van der Waals surface area contributed by atoms with Crippen LogP contribution in [0.2, 0.25) is 0 Å². The third kappa shape index (κ3) is 2.26. The fourth-order valence-corrected chi connectivity index (χ4v) is 1.09. The molecule has 0 amide bonds. The number of hydrogen-bond donors (Lipinski definition) is 1. The molecule has 68 valence electrons. The van der Waals surface area contributed by atoms with Crippen molar-refractivity contribution in [2.24, 2.45) is 0 Å². The molecule has 0 aliphatic rings. The van der Waals surface area contributed by atoms with E-state index in [1.54, 1.807) is 18.3 Å². The zero-order valence-electron chi connectivity index (χ0n) is 6.77. The van der Waals surface area contributed by atoms with E-state index in [0.717, 1.165) is 5.39 Å². The standard InChI is InChI=1S/C9H7NO.Mo.H2O/c11-8-5-1-3-7-4-2-6-10-9(7)8;;/h1-6,11H;;1H2. The van der Waals surface area contributed by atoms with Gasteiger partial charge in [0.2, 0.25) is 0 Å². The fourth-order valence-electron chi connectivity index (χ4n) is 1.09. The summed E-state index contributed by atoms with van der Waals surface area (Å²) in [5, 5.41) is 10.3. The van der Waals surface area contributed by atoms with E-state index in [1.165, 1.54) is 0 Å². The third-order valence-electron chi connectivity index (χ3n) is 1.61. The predicted molar refractivity (Wildman–Crippen MR) is 47.0 cm³/mol. The zero-order chi connectivity index (χ0) is 7.68. The van der Waals surface area contributed by atoms with E-state index in [9.17, 15) is 5.11 Å². The molecule has 1 heterocycles. The number of phenolic OH excluding ortho intramolecular Hbond substituents is 1. The monoisotopic (exact) mass is 261 g/mol. The minimum Gasteiger partial charge on any atom is -0.506 e. The van der Waals surface area contributed by atoms with Gasteiger partial charge in [0.1, 0.15) is 11.3 Å². The molecule has 13 heavy (non-hydrogen) atoms. The summed E-state index contributed by atoms with van der Waals surface area (Å²) in [4.78, 5) is 4.03. The minimum atomic E-state index is 0. The fraction of sp³-hybridized carbons (Fsp3) is 0. The summed E-state index contributed by atoms with van der Waals surface area (Å²) in [5.41, 5.74) is 0.662. The topological polar surface area (TPSA) is 64.6 Å². The van der Waals surface area contributed by atoms with Crippen LogP contribution in [0.3, 0.4) is 0 Å². The van der Waals surface area contributed by atoms with Crippen LogP contribution in [0.4, 0.5) is 0 Å². The van der Waals surface area contributed by atoms with Crippen molar-refractivity contribution in [3.8, 4) is 5.75 Å². The first-order valence-electron chi connectivity index (χ1n) is 3.40. The van der Waals surface area contributed by atoms with E-state index in [2.05, 4.69) is 4.98 Å². The Labute approximate surface area is 90.0 Å². The predicted octanol–water partition coefficient (Wildman–Crippen LogP) is 1.11. The molecule has 0 radical (unpaired) electrons. The molecule has 0 aliphatic carbocycles. The molecule has 0 aliphatic heterocycles. The largest absolute Gasteiger partial charge is 0.506 e. The number of rotatable bonds is 0. The van der Waals surface area contributed by atoms with Crippen LogP contribution >= 0.6 is 0 Å². The van der Waals surface area contributed by atoms with E-state index < -0.39 is 0 Å². The van der Waals surface area contributed by atoms with E-state index >= 15 is 0 Å². The molecule has 0 bridgehead atoms. The summed E-state index contributed by atoms with van der Waals surface area (Å²) in [6, 6.07) is 9.13. The van der Waals surface area contributed by atoms with Gasteiger partial charge in [-0.25, -0.2) is 0 Å². The number of para-hydroxylation sites is 1. The maximum atomic E-state index is 9.31. The molecule has 2 aromatic rings. The zero-order valence-corrected chi connectivity index (χ0v) is 8.77. The Kier molecular flexibility index (Phi) is 4.60. The van der Waals surface area contributed by atoms with Gasteiger partial charge < -0.3 is 10.6 Å². The number of aromatic nitrogens is 1. The minimum absolute atomic E-state index is 0. The molecular formula is C9H9MoNO2. The third-order valence-corrected chi connectivity index (χ3v) is 1.61. The summed E-state index contributed by atoms with van der Waals surface area (Å²) in [6.45, 7) is 0. The number of aromatic hydroxyl groups is 1. The Balaban J connectivity index is 0.000000720. The average Bonchev–Trinajstić information content (AvgIpc) is 2.06. The van der Waals surface area contributed by atoms with Gasteiger partial charge in [0.15, 0.2) is 0 Å². The van der Waals surface area contributed by atoms with Crippen molar-refractivity contribution in [2.45, 2.75) is 0 Å². The van der Waals surface area contributed by atoms with Gasteiger partial charge in [-0.05, 0) is 12.1 Å². The first kappa shape index (κ1) is 12.1. The summed E-state index contributed by atoms with van der Waals surface area (Å²) >= 11 is 0. The van der Waals surface area contributed by atoms with Crippen molar-refractivity contribution < 1.29 is 31.6 Å². The summed E-state index contributed by atoms with van der Waals surface area (Å²) in [6.07, 6.45) is 1.67. The Hall–Kier alpha value is -0.922. The van der Waals surface area contributed by atoms with E-state index in [1.807, 2.05) is 18.2 Å². The molecule has 3 N–H and O–H groups in total. The number of pyridine rings is 1. The summed E-state index contributed by atoms with van der Waals surface area (Å²) in [7, 11) is 0. The van der Waals surface area contributed by atoms with Crippen LogP contribution in [0.5, 0.6) is 5.75 Å². The molecule has 0 unspecified atom stereocenters. The second-order valence-electron chi connectivity index (χ2n) is 2.35. The van der Waals surface area contributed by atoms with Crippen LogP contribution in [-0.4, -0.2) is 15.6 Å². The molecule has 4 heteroatoms. The van der Waals surface area contributed by atoms with Gasteiger partial charge >= 0.3 is 0 Å². The molecule has 0 fully saturated rings. The van der Waals surface area contributed by atoms with Gasteiger partial charge in [0, 0.05) is 32.6 Å².